The number of amides is 1. The van der Waals surface area contributed by atoms with Gasteiger partial charge in [0.05, 0.1) is 5.56 Å². The van der Waals surface area contributed by atoms with Crippen molar-refractivity contribution in [2.75, 3.05) is 38.2 Å². The van der Waals surface area contributed by atoms with Gasteiger partial charge < -0.3 is 24.4 Å². The van der Waals surface area contributed by atoms with E-state index in [1.54, 1.807) is 36.4 Å². The fourth-order valence-corrected chi connectivity index (χ4v) is 2.95. The number of nitrogens with one attached hydrogen (secondary N) is 1. The molecular formula is C22H26N2O5. The van der Waals surface area contributed by atoms with E-state index in [0.29, 0.717) is 35.9 Å². The molecule has 0 bridgehead atoms. The molecule has 0 saturated carbocycles. The van der Waals surface area contributed by atoms with Gasteiger partial charge in [-0.1, -0.05) is 26.0 Å². The van der Waals surface area contributed by atoms with Crippen LogP contribution in [0.25, 0.3) is 0 Å². The average Bonchev–Trinajstić information content (AvgIpc) is 2.76. The number of anilines is 1. The second kappa shape index (κ2) is 9.93. The summed E-state index contributed by atoms with van der Waals surface area (Å²) in [6.45, 7) is 7.18. The quantitative estimate of drug-likeness (QED) is 0.689. The van der Waals surface area contributed by atoms with Gasteiger partial charge in [-0.2, -0.15) is 0 Å². The highest BCUT2D eigenvalue weighted by molar-refractivity contribution is 5.95. The molecule has 1 aliphatic rings. The van der Waals surface area contributed by atoms with Crippen LogP contribution in [0.3, 0.4) is 0 Å². The number of esters is 1. The minimum atomic E-state index is -0.741. The molecule has 1 amide bonds. The van der Waals surface area contributed by atoms with Crippen molar-refractivity contribution < 1.29 is 23.8 Å². The van der Waals surface area contributed by atoms with Crippen LogP contribution in [0.4, 0.5) is 5.69 Å². The Hall–Kier alpha value is -3.06. The zero-order chi connectivity index (χ0) is 20.6. The molecule has 3 rings (SSSR count). The van der Waals surface area contributed by atoms with Crippen LogP contribution < -0.4 is 14.8 Å². The van der Waals surface area contributed by atoms with E-state index in [-0.39, 0.29) is 18.5 Å². The Kier molecular flexibility index (Phi) is 7.08. The van der Waals surface area contributed by atoms with E-state index in [1.807, 2.05) is 12.1 Å². The second-order valence-electron chi connectivity index (χ2n) is 6.59. The van der Waals surface area contributed by atoms with Gasteiger partial charge in [0.2, 0.25) is 6.10 Å². The van der Waals surface area contributed by atoms with Crippen LogP contribution in [0.2, 0.25) is 0 Å². The van der Waals surface area contributed by atoms with Crippen LogP contribution in [0, 0.1) is 0 Å². The number of rotatable bonds is 8. The first-order chi connectivity index (χ1) is 14.1. The molecule has 29 heavy (non-hydrogen) atoms. The van der Waals surface area contributed by atoms with Crippen LogP contribution >= 0.6 is 0 Å². The van der Waals surface area contributed by atoms with E-state index in [9.17, 15) is 9.59 Å². The molecule has 2 aromatic rings. The Labute approximate surface area is 170 Å². The van der Waals surface area contributed by atoms with Crippen LogP contribution in [-0.4, -0.2) is 55.7 Å². The minimum absolute atomic E-state index is 0.139. The Balaban J connectivity index is 1.50. The van der Waals surface area contributed by atoms with Crippen LogP contribution in [-0.2, 0) is 9.53 Å². The number of benzene rings is 2. The number of ether oxygens (including phenoxy) is 3. The highest BCUT2D eigenvalue weighted by Gasteiger charge is 2.27. The highest BCUT2D eigenvalue weighted by atomic mass is 16.6. The molecule has 0 unspecified atom stereocenters. The molecule has 7 heteroatoms. The molecule has 0 spiro atoms. The van der Waals surface area contributed by atoms with Gasteiger partial charge >= 0.3 is 5.97 Å². The zero-order valence-corrected chi connectivity index (χ0v) is 16.7. The monoisotopic (exact) mass is 398 g/mol. The molecule has 154 valence electrons. The molecule has 0 saturated heterocycles. The first-order valence-electron chi connectivity index (χ1n) is 9.79. The van der Waals surface area contributed by atoms with E-state index in [1.165, 1.54) is 0 Å². The summed E-state index contributed by atoms with van der Waals surface area (Å²) in [5.74, 6) is 0.479. The van der Waals surface area contributed by atoms with Crippen molar-refractivity contribution in [3.63, 3.8) is 0 Å². The third-order valence-corrected chi connectivity index (χ3v) is 4.72. The first kappa shape index (κ1) is 20.7. The zero-order valence-electron chi connectivity index (χ0n) is 16.7. The number of para-hydroxylation sites is 2. The molecule has 7 nitrogen and oxygen atoms in total. The van der Waals surface area contributed by atoms with Crippen molar-refractivity contribution in [3.05, 3.63) is 54.1 Å². The van der Waals surface area contributed by atoms with Crippen LogP contribution in [0.1, 0.15) is 24.2 Å². The van der Waals surface area contributed by atoms with Crippen molar-refractivity contribution in [3.8, 4) is 11.5 Å². The van der Waals surface area contributed by atoms with Crippen LogP contribution in [0.15, 0.2) is 48.5 Å². The molecule has 1 heterocycles. The lowest BCUT2D eigenvalue weighted by Crippen LogP contribution is -2.40. The number of carbonyl (C=O) groups excluding carboxylic acids is 2. The van der Waals surface area contributed by atoms with Crippen molar-refractivity contribution in [2.24, 2.45) is 0 Å². The van der Waals surface area contributed by atoms with E-state index in [0.717, 1.165) is 13.1 Å². The largest absolute Gasteiger partial charge is 0.485 e. The summed E-state index contributed by atoms with van der Waals surface area (Å²) in [4.78, 5) is 26.8. The molecule has 0 fully saturated rings. The Morgan fingerprint density at radius 3 is 2.45 bits per heavy atom. The molecule has 1 N–H and O–H groups in total. The van der Waals surface area contributed by atoms with Crippen molar-refractivity contribution >= 4 is 17.6 Å². The van der Waals surface area contributed by atoms with Crippen molar-refractivity contribution in [1.82, 2.24) is 4.90 Å². The molecule has 0 radical (unpaired) electrons. The van der Waals surface area contributed by atoms with E-state index in [4.69, 9.17) is 14.2 Å². The standard InChI is InChI=1S/C22H26N2O5/c1-3-24(4-2)13-14-27-22(26)16-9-11-17(12-10-16)23-21(25)20-15-28-18-7-5-6-8-19(18)29-20/h5-12,20H,3-4,13-15H2,1-2H3,(H,23,25)/t20-/m1/s1. The maximum absolute atomic E-state index is 12.4. The molecule has 1 atom stereocenters. The van der Waals surface area contributed by atoms with E-state index < -0.39 is 6.10 Å². The number of fused-ring (bicyclic) bond motifs is 1. The number of hydrogen-bond acceptors (Lipinski definition) is 6. The maximum atomic E-state index is 12.4. The first-order valence-corrected chi connectivity index (χ1v) is 9.79. The van der Waals surface area contributed by atoms with Gasteiger partial charge in [-0.25, -0.2) is 4.79 Å². The number of carbonyl (C=O) groups is 2. The van der Waals surface area contributed by atoms with Gasteiger partial charge in [-0.05, 0) is 49.5 Å². The summed E-state index contributed by atoms with van der Waals surface area (Å²) >= 11 is 0. The minimum Gasteiger partial charge on any atom is -0.485 e. The fourth-order valence-electron chi connectivity index (χ4n) is 2.95. The normalized spacial score (nSPS) is 15.1. The van der Waals surface area contributed by atoms with Gasteiger partial charge in [0.15, 0.2) is 11.5 Å². The number of nitrogens with zero attached hydrogens (tertiary/aromatic N) is 1. The third kappa shape index (κ3) is 5.48. The summed E-state index contributed by atoms with van der Waals surface area (Å²) in [6, 6.07) is 13.8. The molecule has 1 aliphatic heterocycles. The molecule has 0 aromatic heterocycles. The average molecular weight is 398 g/mol. The number of hydrogen-bond donors (Lipinski definition) is 1. The Morgan fingerprint density at radius 1 is 1.07 bits per heavy atom. The van der Waals surface area contributed by atoms with E-state index in [2.05, 4.69) is 24.1 Å². The smallest absolute Gasteiger partial charge is 0.338 e. The SMILES string of the molecule is CCN(CC)CCOC(=O)c1ccc(NC(=O)[C@H]2COc3ccccc3O2)cc1. The van der Waals surface area contributed by atoms with Crippen molar-refractivity contribution in [2.45, 2.75) is 20.0 Å². The fraction of sp³-hybridized carbons (Fsp3) is 0.364. The summed E-state index contributed by atoms with van der Waals surface area (Å²) < 4.78 is 16.6. The lowest BCUT2D eigenvalue weighted by molar-refractivity contribution is -0.125. The lowest BCUT2D eigenvalue weighted by atomic mass is 10.2. The molecule has 0 aliphatic carbocycles. The van der Waals surface area contributed by atoms with E-state index >= 15 is 0 Å². The maximum Gasteiger partial charge on any atom is 0.338 e. The van der Waals surface area contributed by atoms with Gasteiger partial charge in [0.1, 0.15) is 13.2 Å². The van der Waals surface area contributed by atoms with Gasteiger partial charge in [-0.3, -0.25) is 4.79 Å². The molecule has 2 aromatic carbocycles. The highest BCUT2D eigenvalue weighted by Crippen LogP contribution is 2.31. The third-order valence-electron chi connectivity index (χ3n) is 4.72. The summed E-state index contributed by atoms with van der Waals surface area (Å²) in [5, 5.41) is 2.78. The summed E-state index contributed by atoms with van der Waals surface area (Å²) in [5.41, 5.74) is 1.01. The van der Waals surface area contributed by atoms with Gasteiger partial charge in [-0.15, -0.1) is 0 Å². The Morgan fingerprint density at radius 2 is 1.76 bits per heavy atom. The second-order valence-corrected chi connectivity index (χ2v) is 6.59. The van der Waals surface area contributed by atoms with Crippen molar-refractivity contribution in [1.29, 1.82) is 0 Å². The summed E-state index contributed by atoms with van der Waals surface area (Å²) in [7, 11) is 0. The Bertz CT molecular complexity index is 833. The van der Waals surface area contributed by atoms with Crippen LogP contribution in [0.5, 0.6) is 11.5 Å². The molecular weight excluding hydrogens is 372 g/mol. The number of likely N-dealkylation sites (N-methyl/N-ethyl adjacent to an activating group) is 1. The lowest BCUT2D eigenvalue weighted by Gasteiger charge is -2.25. The van der Waals surface area contributed by atoms with Gasteiger partial charge in [0.25, 0.3) is 5.91 Å². The predicted molar refractivity (Wildman–Crippen MR) is 109 cm³/mol. The van der Waals surface area contributed by atoms with Gasteiger partial charge in [0, 0.05) is 12.2 Å². The topological polar surface area (TPSA) is 77.1 Å². The summed E-state index contributed by atoms with van der Waals surface area (Å²) in [6.07, 6.45) is -0.741. The predicted octanol–water partition coefficient (Wildman–Crippen LogP) is 2.96.